The van der Waals surface area contributed by atoms with E-state index in [2.05, 4.69) is 10.2 Å². The molecule has 0 spiro atoms. The van der Waals surface area contributed by atoms with Crippen LogP contribution in [0.15, 0.2) is 54.7 Å². The second-order valence-electron chi connectivity index (χ2n) is 7.94. The Kier molecular flexibility index (Phi) is 5.72. The van der Waals surface area contributed by atoms with E-state index in [1.54, 1.807) is 24.4 Å². The van der Waals surface area contributed by atoms with E-state index in [0.29, 0.717) is 25.6 Å². The van der Waals surface area contributed by atoms with E-state index in [1.165, 1.54) is 0 Å². The van der Waals surface area contributed by atoms with Crippen LogP contribution in [0.4, 0.5) is 0 Å². The van der Waals surface area contributed by atoms with Gasteiger partial charge in [-0.15, -0.1) is 0 Å². The third-order valence-corrected chi connectivity index (χ3v) is 5.19. The molecule has 1 aliphatic rings. The second kappa shape index (κ2) is 8.59. The topological polar surface area (TPSA) is 81.7 Å². The highest BCUT2D eigenvalue weighted by molar-refractivity contribution is 5.88. The number of nitrogens with one attached hydrogen (secondary N) is 1. The lowest BCUT2D eigenvalue weighted by molar-refractivity contribution is -0.132. The van der Waals surface area contributed by atoms with Gasteiger partial charge in [0.15, 0.2) is 0 Å². The molecule has 0 saturated carbocycles. The number of phenols is 1. The minimum atomic E-state index is 0.0534. The van der Waals surface area contributed by atoms with E-state index in [4.69, 9.17) is 4.74 Å². The summed E-state index contributed by atoms with van der Waals surface area (Å²) >= 11 is 0. The first kappa shape index (κ1) is 20.0. The van der Waals surface area contributed by atoms with Crippen LogP contribution in [-0.4, -0.2) is 71.3 Å². The molecule has 0 atom stereocenters. The van der Waals surface area contributed by atoms with Crippen molar-refractivity contribution in [1.82, 2.24) is 20.0 Å². The fraction of sp³-hybridized carbons (Fsp3) is 0.304. The first-order valence-corrected chi connectivity index (χ1v) is 9.99. The summed E-state index contributed by atoms with van der Waals surface area (Å²) in [7, 11) is 3.94. The number of fused-ring (bicyclic) bond motifs is 1. The van der Waals surface area contributed by atoms with Crippen molar-refractivity contribution in [3.05, 3.63) is 54.7 Å². The smallest absolute Gasteiger partial charge is 0.246 e. The number of carbonyl (C=O) groups is 1. The van der Waals surface area contributed by atoms with Crippen molar-refractivity contribution < 1.29 is 14.6 Å². The predicted octanol–water partition coefficient (Wildman–Crippen LogP) is 2.89. The van der Waals surface area contributed by atoms with Crippen LogP contribution in [0, 0.1) is 5.92 Å². The Labute approximate surface area is 175 Å². The molecule has 2 aromatic carbocycles. The maximum atomic E-state index is 12.2. The lowest BCUT2D eigenvalue weighted by Crippen LogP contribution is -2.51. The summed E-state index contributed by atoms with van der Waals surface area (Å²) in [6.45, 7) is 2.70. The van der Waals surface area contributed by atoms with Crippen LogP contribution in [0.25, 0.3) is 22.0 Å². The molecule has 0 unspecified atom stereocenters. The molecule has 0 bridgehead atoms. The summed E-state index contributed by atoms with van der Waals surface area (Å²) in [4.78, 5) is 16.0. The van der Waals surface area contributed by atoms with Crippen molar-refractivity contribution in [3.8, 4) is 22.6 Å². The lowest BCUT2D eigenvalue weighted by atomic mass is 10.0. The Hall–Kier alpha value is -3.32. The highest BCUT2D eigenvalue weighted by Gasteiger charge is 2.30. The number of likely N-dealkylation sites (tertiary alicyclic amines) is 1. The number of nitrogens with zero attached hydrogens (tertiary/aromatic N) is 3. The maximum Gasteiger partial charge on any atom is 0.246 e. The van der Waals surface area contributed by atoms with Gasteiger partial charge in [-0.2, -0.15) is 5.10 Å². The lowest BCUT2D eigenvalue weighted by Gasteiger charge is -2.38. The molecule has 0 aliphatic carbocycles. The minimum Gasteiger partial charge on any atom is -0.508 e. The largest absolute Gasteiger partial charge is 0.508 e. The molecule has 7 heteroatoms. The van der Waals surface area contributed by atoms with Crippen molar-refractivity contribution in [2.24, 2.45) is 5.92 Å². The molecule has 1 aromatic heterocycles. The van der Waals surface area contributed by atoms with Crippen LogP contribution >= 0.6 is 0 Å². The Morgan fingerprint density at radius 3 is 2.80 bits per heavy atom. The van der Waals surface area contributed by atoms with Gasteiger partial charge in [0.2, 0.25) is 5.91 Å². The zero-order valence-corrected chi connectivity index (χ0v) is 17.2. The van der Waals surface area contributed by atoms with Crippen molar-refractivity contribution in [2.75, 3.05) is 40.3 Å². The molecule has 4 rings (SSSR count). The van der Waals surface area contributed by atoms with Crippen LogP contribution in [-0.2, 0) is 4.79 Å². The number of amides is 1. The van der Waals surface area contributed by atoms with Crippen LogP contribution in [0.2, 0.25) is 0 Å². The van der Waals surface area contributed by atoms with Gasteiger partial charge < -0.3 is 19.6 Å². The number of aromatic nitrogens is 2. The molecule has 0 radical (unpaired) electrons. The zero-order valence-electron chi connectivity index (χ0n) is 17.2. The van der Waals surface area contributed by atoms with E-state index in [0.717, 1.165) is 34.3 Å². The number of benzene rings is 2. The van der Waals surface area contributed by atoms with Gasteiger partial charge >= 0.3 is 0 Å². The van der Waals surface area contributed by atoms with Gasteiger partial charge in [-0.25, -0.2) is 0 Å². The minimum absolute atomic E-state index is 0.0534. The third-order valence-electron chi connectivity index (χ3n) is 5.19. The molecule has 2 N–H and O–H groups in total. The third kappa shape index (κ3) is 4.46. The maximum absolute atomic E-state index is 12.2. The van der Waals surface area contributed by atoms with Gasteiger partial charge in [0, 0.05) is 42.6 Å². The average molecular weight is 406 g/mol. The van der Waals surface area contributed by atoms with Gasteiger partial charge in [0.1, 0.15) is 11.5 Å². The summed E-state index contributed by atoms with van der Waals surface area (Å²) < 4.78 is 6.18. The van der Waals surface area contributed by atoms with E-state index < -0.39 is 0 Å². The zero-order chi connectivity index (χ0) is 21.1. The Balaban J connectivity index is 1.41. The van der Waals surface area contributed by atoms with Gasteiger partial charge in [-0.1, -0.05) is 18.2 Å². The number of H-pyrrole nitrogens is 1. The summed E-state index contributed by atoms with van der Waals surface area (Å²) in [5.41, 5.74) is 2.82. The van der Waals surface area contributed by atoms with Crippen LogP contribution in [0.3, 0.4) is 0 Å². The second-order valence-corrected chi connectivity index (χ2v) is 7.94. The van der Waals surface area contributed by atoms with E-state index in [1.807, 2.05) is 54.2 Å². The molecular weight excluding hydrogens is 380 g/mol. The average Bonchev–Trinajstić information content (AvgIpc) is 3.14. The van der Waals surface area contributed by atoms with Crippen molar-refractivity contribution in [3.63, 3.8) is 0 Å². The number of phenolic OH excluding ortho intramolecular Hbond substituents is 1. The highest BCUT2D eigenvalue weighted by atomic mass is 16.5. The van der Waals surface area contributed by atoms with Gasteiger partial charge in [0.05, 0.1) is 18.3 Å². The quantitative estimate of drug-likeness (QED) is 0.590. The molecule has 1 fully saturated rings. The number of aromatic amines is 1. The number of likely N-dealkylation sites (N-methyl/N-ethyl adjacent to an activating group) is 1. The first-order valence-electron chi connectivity index (χ1n) is 9.99. The molecule has 156 valence electrons. The van der Waals surface area contributed by atoms with Crippen LogP contribution in [0.5, 0.6) is 11.5 Å². The van der Waals surface area contributed by atoms with E-state index in [-0.39, 0.29) is 11.7 Å². The van der Waals surface area contributed by atoms with Crippen molar-refractivity contribution >= 4 is 16.8 Å². The molecule has 1 aliphatic heterocycles. The molecule has 1 saturated heterocycles. The Morgan fingerprint density at radius 1 is 1.30 bits per heavy atom. The highest BCUT2D eigenvalue weighted by Crippen LogP contribution is 2.35. The molecule has 30 heavy (non-hydrogen) atoms. The Morgan fingerprint density at radius 2 is 2.07 bits per heavy atom. The monoisotopic (exact) mass is 406 g/mol. The normalized spacial score (nSPS) is 14.6. The summed E-state index contributed by atoms with van der Waals surface area (Å²) in [5.74, 6) is 1.36. The van der Waals surface area contributed by atoms with Crippen molar-refractivity contribution in [1.29, 1.82) is 0 Å². The first-order chi connectivity index (χ1) is 14.5. The van der Waals surface area contributed by atoms with Crippen LogP contribution in [0.1, 0.15) is 0 Å². The molecule has 7 nitrogen and oxygen atoms in total. The van der Waals surface area contributed by atoms with Crippen LogP contribution < -0.4 is 4.74 Å². The summed E-state index contributed by atoms with van der Waals surface area (Å²) in [5, 5.41) is 17.7. The molecule has 1 amide bonds. The fourth-order valence-corrected chi connectivity index (χ4v) is 3.49. The number of rotatable bonds is 7. The number of aromatic hydroxyl groups is 1. The SMILES string of the molecule is CN(C)C/C=C/C(=O)N1CC(COc2cc3cn[nH]c3cc2-c2ccc(O)cc2)C1. The molecule has 3 aromatic rings. The van der Waals surface area contributed by atoms with Gasteiger partial charge in [-0.05, 0) is 43.9 Å². The van der Waals surface area contributed by atoms with Crippen molar-refractivity contribution in [2.45, 2.75) is 0 Å². The summed E-state index contributed by atoms with van der Waals surface area (Å²) in [6, 6.07) is 11.0. The van der Waals surface area contributed by atoms with Gasteiger partial charge in [0.25, 0.3) is 0 Å². The Bertz CT molecular complexity index is 1050. The van der Waals surface area contributed by atoms with Gasteiger partial charge in [-0.3, -0.25) is 9.89 Å². The standard InChI is InChI=1S/C23H26N4O3/c1-26(2)9-3-4-23(29)27-13-16(14-27)15-30-22-10-18-12-24-25-21(18)11-20(22)17-5-7-19(28)8-6-17/h3-8,10-12,16,28H,9,13-15H2,1-2H3,(H,24,25)/b4-3+. The molecular formula is C23H26N4O3. The number of carbonyl (C=O) groups excluding carboxylic acids is 1. The van der Waals surface area contributed by atoms with E-state index >= 15 is 0 Å². The molecule has 2 heterocycles. The number of ether oxygens (including phenoxy) is 1. The number of hydrogen-bond donors (Lipinski definition) is 2. The van der Waals surface area contributed by atoms with E-state index in [9.17, 15) is 9.90 Å². The fourth-order valence-electron chi connectivity index (χ4n) is 3.49. The summed E-state index contributed by atoms with van der Waals surface area (Å²) in [6.07, 6.45) is 5.30. The predicted molar refractivity (Wildman–Crippen MR) is 116 cm³/mol. The number of hydrogen-bond acceptors (Lipinski definition) is 5.